The van der Waals surface area contributed by atoms with Crippen LogP contribution in [-0.2, 0) is 0 Å². The minimum absolute atomic E-state index is 0.00157. The van der Waals surface area contributed by atoms with Gasteiger partial charge < -0.3 is 25.5 Å². The number of hydrogen-bond donors (Lipinski definition) is 5. The van der Waals surface area contributed by atoms with Crippen molar-refractivity contribution in [2.24, 2.45) is 22.7 Å². The molecule has 0 aromatic rings. The average Bonchev–Trinajstić information content (AvgIpc) is 2.86. The van der Waals surface area contributed by atoms with Gasteiger partial charge in [-0.1, -0.05) is 37.1 Å². The van der Waals surface area contributed by atoms with Gasteiger partial charge in [0.05, 0.1) is 24.4 Å². The molecule has 0 aromatic heterocycles. The maximum Gasteiger partial charge on any atom is 0.106 e. The first-order chi connectivity index (χ1) is 12.2. The summed E-state index contributed by atoms with van der Waals surface area (Å²) < 4.78 is 0. The van der Waals surface area contributed by atoms with Gasteiger partial charge in [0.15, 0.2) is 0 Å². The Morgan fingerprint density at radius 3 is 2.58 bits per heavy atom. The molecule has 146 valence electrons. The first-order valence-electron chi connectivity index (χ1n) is 9.96. The van der Waals surface area contributed by atoms with Crippen molar-refractivity contribution in [3.8, 4) is 0 Å². The molecular weight excluding hydrogens is 332 g/mol. The summed E-state index contributed by atoms with van der Waals surface area (Å²) in [5.74, 6) is 0.0882. The van der Waals surface area contributed by atoms with Crippen LogP contribution < -0.4 is 0 Å². The Kier molecular flexibility index (Phi) is 4.22. The van der Waals surface area contributed by atoms with Crippen molar-refractivity contribution in [3.63, 3.8) is 0 Å². The van der Waals surface area contributed by atoms with Crippen molar-refractivity contribution in [2.45, 2.75) is 76.3 Å². The molecule has 5 nitrogen and oxygen atoms in total. The van der Waals surface area contributed by atoms with Crippen molar-refractivity contribution in [1.82, 2.24) is 0 Å². The predicted octanol–water partition coefficient (Wildman–Crippen LogP) is 1.29. The van der Waals surface area contributed by atoms with Crippen LogP contribution >= 0.6 is 0 Å². The third-order valence-corrected chi connectivity index (χ3v) is 8.43. The second-order valence-electron chi connectivity index (χ2n) is 9.55. The molecule has 4 aliphatic carbocycles. The van der Waals surface area contributed by atoms with E-state index in [1.54, 1.807) is 0 Å². The number of aliphatic hydroxyl groups is 5. The van der Waals surface area contributed by atoms with E-state index in [-0.39, 0.29) is 23.4 Å². The summed E-state index contributed by atoms with van der Waals surface area (Å²) in [6.07, 6.45) is 5.97. The zero-order chi connectivity index (χ0) is 18.9. The van der Waals surface area contributed by atoms with Crippen LogP contribution in [0.4, 0.5) is 0 Å². The number of aliphatic hydroxyl groups excluding tert-OH is 4. The Morgan fingerprint density at radius 2 is 1.88 bits per heavy atom. The number of allylic oxidation sites excluding steroid dienone is 2. The summed E-state index contributed by atoms with van der Waals surface area (Å²) in [6.45, 7) is 3.69. The quantitative estimate of drug-likeness (QED) is 0.508. The predicted molar refractivity (Wildman–Crippen MR) is 97.1 cm³/mol. The summed E-state index contributed by atoms with van der Waals surface area (Å²) in [6, 6.07) is 0. The molecule has 0 spiro atoms. The lowest BCUT2D eigenvalue weighted by Gasteiger charge is -2.58. The maximum absolute atomic E-state index is 11.3. The molecule has 8 atom stereocenters. The van der Waals surface area contributed by atoms with Crippen LogP contribution in [0.5, 0.6) is 0 Å². The van der Waals surface area contributed by atoms with E-state index in [0.717, 1.165) is 19.3 Å². The van der Waals surface area contributed by atoms with Gasteiger partial charge >= 0.3 is 0 Å². The van der Waals surface area contributed by atoms with Gasteiger partial charge in [0.1, 0.15) is 6.10 Å². The smallest absolute Gasteiger partial charge is 0.106 e. The van der Waals surface area contributed by atoms with Crippen LogP contribution in [0.15, 0.2) is 23.3 Å². The van der Waals surface area contributed by atoms with Crippen LogP contribution in [0.1, 0.15) is 52.4 Å². The van der Waals surface area contributed by atoms with Gasteiger partial charge in [0.2, 0.25) is 0 Å². The average molecular weight is 364 g/mol. The standard InChI is InChI=1S/C21H32O5/c1-19-7-5-13(23)9-12(19)3-4-14-15-6-8-21(26,17(25)11-22)20(15,2)10-16(24)18(14)19/h3-4,13,15-18,22-26H,5-11H2,1-2H3/t13-,15-,16+,17+,18-,19+,20-,21-/m0/s1. The molecule has 0 bridgehead atoms. The molecule has 0 amide bonds. The number of rotatable bonds is 2. The number of fused-ring (bicyclic) bond motifs is 5. The van der Waals surface area contributed by atoms with E-state index in [2.05, 4.69) is 19.1 Å². The monoisotopic (exact) mass is 364 g/mol. The third-order valence-electron chi connectivity index (χ3n) is 8.43. The lowest BCUT2D eigenvalue weighted by molar-refractivity contribution is -0.179. The van der Waals surface area contributed by atoms with Crippen molar-refractivity contribution >= 4 is 0 Å². The lowest BCUT2D eigenvalue weighted by atomic mass is 9.48. The Hall–Kier alpha value is -0.720. The molecule has 0 aromatic carbocycles. The maximum atomic E-state index is 11.3. The molecule has 0 aliphatic heterocycles. The molecule has 3 fully saturated rings. The van der Waals surface area contributed by atoms with Crippen LogP contribution in [-0.4, -0.2) is 56.1 Å². The minimum atomic E-state index is -1.38. The number of hydrogen-bond acceptors (Lipinski definition) is 5. The van der Waals surface area contributed by atoms with Crippen molar-refractivity contribution < 1.29 is 25.5 Å². The summed E-state index contributed by atoms with van der Waals surface area (Å²) in [5, 5.41) is 52.3. The zero-order valence-electron chi connectivity index (χ0n) is 15.7. The van der Waals surface area contributed by atoms with Crippen molar-refractivity contribution in [3.05, 3.63) is 23.3 Å². The van der Waals surface area contributed by atoms with Crippen LogP contribution in [0.2, 0.25) is 0 Å². The molecule has 5 N–H and O–H groups in total. The highest BCUT2D eigenvalue weighted by atomic mass is 16.4. The Balaban J connectivity index is 1.77. The van der Waals surface area contributed by atoms with E-state index in [0.29, 0.717) is 19.3 Å². The first kappa shape index (κ1) is 18.6. The highest BCUT2D eigenvalue weighted by Crippen LogP contribution is 2.66. The molecule has 0 heterocycles. The Labute approximate surface area is 155 Å². The van der Waals surface area contributed by atoms with E-state index >= 15 is 0 Å². The van der Waals surface area contributed by atoms with E-state index in [4.69, 9.17) is 0 Å². The highest BCUT2D eigenvalue weighted by molar-refractivity contribution is 5.41. The molecule has 5 heteroatoms. The molecule has 0 unspecified atom stereocenters. The van der Waals surface area contributed by atoms with Gasteiger partial charge in [-0.15, -0.1) is 0 Å². The summed E-state index contributed by atoms with van der Waals surface area (Å²) in [7, 11) is 0. The first-order valence-corrected chi connectivity index (χ1v) is 9.96. The molecule has 26 heavy (non-hydrogen) atoms. The van der Waals surface area contributed by atoms with Crippen LogP contribution in [0.25, 0.3) is 0 Å². The van der Waals surface area contributed by atoms with E-state index in [9.17, 15) is 25.5 Å². The summed E-state index contributed by atoms with van der Waals surface area (Å²) in [5.41, 5.74) is 0.200. The van der Waals surface area contributed by atoms with Gasteiger partial charge in [-0.25, -0.2) is 0 Å². The lowest BCUT2D eigenvalue weighted by Crippen LogP contribution is -2.60. The molecule has 0 radical (unpaired) electrons. The highest BCUT2D eigenvalue weighted by Gasteiger charge is 2.66. The van der Waals surface area contributed by atoms with E-state index < -0.39 is 29.8 Å². The van der Waals surface area contributed by atoms with Gasteiger partial charge in [0, 0.05) is 11.3 Å². The third kappa shape index (κ3) is 2.21. The topological polar surface area (TPSA) is 101 Å². The van der Waals surface area contributed by atoms with Gasteiger partial charge in [-0.3, -0.25) is 0 Å². The van der Waals surface area contributed by atoms with E-state index in [1.807, 2.05) is 6.92 Å². The molecule has 4 aliphatic rings. The van der Waals surface area contributed by atoms with Crippen LogP contribution in [0, 0.1) is 22.7 Å². The van der Waals surface area contributed by atoms with Gasteiger partial charge in [0.25, 0.3) is 0 Å². The molecule has 0 saturated heterocycles. The fourth-order valence-electron chi connectivity index (χ4n) is 6.85. The fraction of sp³-hybridized carbons (Fsp3) is 0.810. The molecule has 4 rings (SSSR count). The van der Waals surface area contributed by atoms with E-state index in [1.165, 1.54) is 11.1 Å². The Morgan fingerprint density at radius 1 is 1.15 bits per heavy atom. The molecular formula is C21H32O5. The minimum Gasteiger partial charge on any atom is -0.394 e. The van der Waals surface area contributed by atoms with Gasteiger partial charge in [-0.2, -0.15) is 0 Å². The normalized spacial score (nSPS) is 51.7. The molecule has 3 saturated carbocycles. The zero-order valence-corrected chi connectivity index (χ0v) is 15.7. The summed E-state index contributed by atoms with van der Waals surface area (Å²) in [4.78, 5) is 0. The second kappa shape index (κ2) is 5.89. The second-order valence-corrected chi connectivity index (χ2v) is 9.55. The van der Waals surface area contributed by atoms with Crippen molar-refractivity contribution in [1.29, 1.82) is 0 Å². The Bertz CT molecular complexity index is 657. The fourth-order valence-corrected chi connectivity index (χ4v) is 6.85. The van der Waals surface area contributed by atoms with Crippen LogP contribution in [0.3, 0.4) is 0 Å². The summed E-state index contributed by atoms with van der Waals surface area (Å²) >= 11 is 0. The largest absolute Gasteiger partial charge is 0.394 e. The SMILES string of the molecule is C[C@]12C[C@@H](O)[C@@H]3C(=CC=C4C[C@@H](O)CC[C@]43C)[C@@H]1CC[C@]2(O)[C@H](O)CO. The van der Waals surface area contributed by atoms with Crippen molar-refractivity contribution in [2.75, 3.05) is 6.61 Å². The van der Waals surface area contributed by atoms with Gasteiger partial charge in [-0.05, 0) is 49.9 Å².